The van der Waals surface area contributed by atoms with Crippen LogP contribution in [0.25, 0.3) is 0 Å². The number of fused-ring (bicyclic) bond motifs is 1. The lowest BCUT2D eigenvalue weighted by molar-refractivity contribution is 0.200. The second-order valence-corrected chi connectivity index (χ2v) is 3.99. The average molecular weight is 202 g/mol. The highest BCUT2D eigenvalue weighted by Crippen LogP contribution is 2.33. The van der Waals surface area contributed by atoms with Crippen LogP contribution in [0, 0.1) is 11.6 Å². The summed E-state index contributed by atoms with van der Waals surface area (Å²) in [4.78, 5) is 0. The minimum absolute atomic E-state index is 0.309. The molecule has 2 rings (SSSR count). The van der Waals surface area contributed by atoms with Gasteiger partial charge in [0.25, 0.3) is 0 Å². The summed E-state index contributed by atoms with van der Waals surface area (Å²) < 4.78 is 25.9. The highest BCUT2D eigenvalue weighted by molar-refractivity contribution is 7.98. The molecule has 0 bridgehead atoms. The Morgan fingerprint density at radius 2 is 2.15 bits per heavy atom. The minimum Gasteiger partial charge on any atom is -0.388 e. The predicted octanol–water partition coefficient (Wildman–Crippen LogP) is 2.25. The quantitative estimate of drug-likeness (QED) is 0.696. The molecule has 70 valence electrons. The standard InChI is InChI=1S/C9H8F2OS/c10-7-2-1-5-6(9(7)11)3-13-4-8(5)12/h1-2,8,12H,3-4H2/t8-/m0/s1. The zero-order valence-corrected chi connectivity index (χ0v) is 7.57. The third kappa shape index (κ3) is 1.44. The molecular weight excluding hydrogens is 194 g/mol. The van der Waals surface area contributed by atoms with Crippen LogP contribution >= 0.6 is 11.8 Å². The molecule has 1 aliphatic heterocycles. The Morgan fingerprint density at radius 3 is 2.92 bits per heavy atom. The SMILES string of the molecule is O[C@H]1CSCc2c1ccc(F)c2F. The number of hydrogen-bond donors (Lipinski definition) is 1. The second kappa shape index (κ2) is 3.27. The molecular formula is C9H8F2OS. The molecule has 0 amide bonds. The molecule has 0 saturated heterocycles. The maximum atomic E-state index is 13.2. The van der Waals surface area contributed by atoms with Gasteiger partial charge in [-0.15, -0.1) is 0 Å². The number of halogens is 2. The number of rotatable bonds is 0. The maximum absolute atomic E-state index is 13.2. The fourth-order valence-electron chi connectivity index (χ4n) is 1.43. The van der Waals surface area contributed by atoms with Gasteiger partial charge in [-0.2, -0.15) is 11.8 Å². The molecule has 1 heterocycles. The smallest absolute Gasteiger partial charge is 0.163 e. The van der Waals surface area contributed by atoms with Crippen LogP contribution in [-0.2, 0) is 5.75 Å². The zero-order valence-electron chi connectivity index (χ0n) is 6.76. The highest BCUT2D eigenvalue weighted by atomic mass is 32.2. The van der Waals surface area contributed by atoms with Crippen molar-refractivity contribution in [2.45, 2.75) is 11.9 Å². The van der Waals surface area contributed by atoms with Crippen molar-refractivity contribution in [3.63, 3.8) is 0 Å². The fourth-order valence-corrected chi connectivity index (χ4v) is 2.45. The molecule has 0 radical (unpaired) electrons. The van der Waals surface area contributed by atoms with Gasteiger partial charge < -0.3 is 5.11 Å². The molecule has 1 aromatic rings. The van der Waals surface area contributed by atoms with Gasteiger partial charge >= 0.3 is 0 Å². The molecule has 1 aromatic carbocycles. The number of aliphatic hydroxyl groups is 1. The predicted molar refractivity (Wildman–Crippen MR) is 47.5 cm³/mol. The van der Waals surface area contributed by atoms with E-state index in [-0.39, 0.29) is 0 Å². The van der Waals surface area contributed by atoms with Crippen molar-refractivity contribution < 1.29 is 13.9 Å². The Kier molecular flexibility index (Phi) is 2.26. The van der Waals surface area contributed by atoms with E-state index in [1.165, 1.54) is 17.8 Å². The van der Waals surface area contributed by atoms with Crippen molar-refractivity contribution >= 4 is 11.8 Å². The third-order valence-corrected chi connectivity index (χ3v) is 3.16. The molecule has 4 heteroatoms. The second-order valence-electron chi connectivity index (χ2n) is 2.96. The first kappa shape index (κ1) is 8.97. The molecule has 1 aliphatic rings. The molecule has 13 heavy (non-hydrogen) atoms. The Hall–Kier alpha value is -0.610. The van der Waals surface area contributed by atoms with Gasteiger partial charge in [0, 0.05) is 17.1 Å². The lowest BCUT2D eigenvalue weighted by Gasteiger charge is -2.21. The van der Waals surface area contributed by atoms with Gasteiger partial charge in [0.15, 0.2) is 11.6 Å². The van der Waals surface area contributed by atoms with Crippen molar-refractivity contribution in [1.82, 2.24) is 0 Å². The maximum Gasteiger partial charge on any atom is 0.163 e. The highest BCUT2D eigenvalue weighted by Gasteiger charge is 2.22. The average Bonchev–Trinajstić information content (AvgIpc) is 2.12. The first-order valence-corrected chi connectivity index (χ1v) is 5.08. The number of aliphatic hydroxyl groups excluding tert-OH is 1. The fraction of sp³-hybridized carbons (Fsp3) is 0.333. The van der Waals surface area contributed by atoms with E-state index in [0.717, 1.165) is 6.07 Å². The lowest BCUT2D eigenvalue weighted by atomic mass is 10.0. The van der Waals surface area contributed by atoms with Crippen LogP contribution in [0.3, 0.4) is 0 Å². The molecule has 0 unspecified atom stereocenters. The van der Waals surface area contributed by atoms with Gasteiger partial charge in [-0.3, -0.25) is 0 Å². The summed E-state index contributed by atoms with van der Waals surface area (Å²) in [5, 5.41) is 9.47. The summed E-state index contributed by atoms with van der Waals surface area (Å²) in [7, 11) is 0. The topological polar surface area (TPSA) is 20.2 Å². The van der Waals surface area contributed by atoms with Gasteiger partial charge in [0.2, 0.25) is 0 Å². The van der Waals surface area contributed by atoms with Crippen molar-refractivity contribution in [1.29, 1.82) is 0 Å². The molecule has 0 spiro atoms. The summed E-state index contributed by atoms with van der Waals surface area (Å²) in [5.74, 6) is -0.661. The molecule has 1 N–H and O–H groups in total. The number of benzene rings is 1. The van der Waals surface area contributed by atoms with Crippen molar-refractivity contribution in [2.24, 2.45) is 0 Å². The van der Waals surface area contributed by atoms with Gasteiger partial charge in [-0.05, 0) is 11.6 Å². The van der Waals surface area contributed by atoms with Gasteiger partial charge in [0.1, 0.15) is 0 Å². The summed E-state index contributed by atoms with van der Waals surface area (Å²) in [5.41, 5.74) is 0.835. The Balaban J connectivity index is 2.56. The van der Waals surface area contributed by atoms with E-state index in [1.54, 1.807) is 0 Å². The van der Waals surface area contributed by atoms with E-state index in [9.17, 15) is 13.9 Å². The van der Waals surface area contributed by atoms with Crippen LogP contribution in [-0.4, -0.2) is 10.9 Å². The van der Waals surface area contributed by atoms with Crippen LogP contribution in [0.4, 0.5) is 8.78 Å². The monoisotopic (exact) mass is 202 g/mol. The first-order chi connectivity index (χ1) is 6.20. The Labute approximate surface area is 78.8 Å². The molecule has 1 atom stereocenters. The van der Waals surface area contributed by atoms with Crippen LogP contribution in [0.2, 0.25) is 0 Å². The van der Waals surface area contributed by atoms with Gasteiger partial charge in [-0.1, -0.05) is 6.07 Å². The van der Waals surface area contributed by atoms with E-state index < -0.39 is 17.7 Å². The lowest BCUT2D eigenvalue weighted by Crippen LogP contribution is -2.12. The minimum atomic E-state index is -0.839. The summed E-state index contributed by atoms with van der Waals surface area (Å²) in [6.45, 7) is 0. The molecule has 0 aromatic heterocycles. The Morgan fingerprint density at radius 1 is 1.38 bits per heavy atom. The van der Waals surface area contributed by atoms with Crippen LogP contribution in [0.5, 0.6) is 0 Å². The van der Waals surface area contributed by atoms with Gasteiger partial charge in [-0.25, -0.2) is 8.78 Å². The van der Waals surface area contributed by atoms with E-state index in [0.29, 0.717) is 22.6 Å². The van der Waals surface area contributed by atoms with E-state index in [2.05, 4.69) is 0 Å². The zero-order chi connectivity index (χ0) is 9.42. The summed E-state index contributed by atoms with van der Waals surface area (Å²) >= 11 is 1.41. The van der Waals surface area contributed by atoms with E-state index in [1.807, 2.05) is 0 Å². The molecule has 0 saturated carbocycles. The molecule has 0 fully saturated rings. The Bertz CT molecular complexity index is 341. The van der Waals surface area contributed by atoms with E-state index >= 15 is 0 Å². The van der Waals surface area contributed by atoms with Gasteiger partial charge in [0.05, 0.1) is 6.10 Å². The van der Waals surface area contributed by atoms with Crippen LogP contribution in [0.15, 0.2) is 12.1 Å². The molecule has 1 nitrogen and oxygen atoms in total. The number of hydrogen-bond acceptors (Lipinski definition) is 2. The number of thioether (sulfide) groups is 1. The first-order valence-electron chi connectivity index (χ1n) is 3.92. The van der Waals surface area contributed by atoms with Crippen LogP contribution in [0.1, 0.15) is 17.2 Å². The third-order valence-electron chi connectivity index (χ3n) is 2.11. The summed E-state index contributed by atoms with van der Waals surface area (Å²) in [6.07, 6.45) is -0.663. The normalized spacial score (nSPS) is 21.3. The van der Waals surface area contributed by atoms with E-state index in [4.69, 9.17) is 0 Å². The van der Waals surface area contributed by atoms with Crippen LogP contribution < -0.4 is 0 Å². The van der Waals surface area contributed by atoms with Crippen molar-refractivity contribution in [3.05, 3.63) is 34.9 Å². The summed E-state index contributed by atoms with van der Waals surface area (Å²) in [6, 6.07) is 2.52. The van der Waals surface area contributed by atoms with Crippen molar-refractivity contribution in [2.75, 3.05) is 5.75 Å². The van der Waals surface area contributed by atoms with Crippen molar-refractivity contribution in [3.8, 4) is 0 Å². The largest absolute Gasteiger partial charge is 0.388 e. The molecule has 0 aliphatic carbocycles.